The highest BCUT2D eigenvalue weighted by molar-refractivity contribution is 5.90. The lowest BCUT2D eigenvalue weighted by molar-refractivity contribution is -0.129. The summed E-state index contributed by atoms with van der Waals surface area (Å²) in [6.45, 7) is 4.78. The number of allylic oxidation sites excluding steroid dienone is 3. The highest BCUT2D eigenvalue weighted by Crippen LogP contribution is 2.66. The number of hydrogen-bond acceptors (Lipinski definition) is 3. The van der Waals surface area contributed by atoms with Gasteiger partial charge in [0.1, 0.15) is 0 Å². The molecule has 3 unspecified atom stereocenters. The van der Waals surface area contributed by atoms with E-state index in [2.05, 4.69) is 73.0 Å². The number of hydroxylamine groups is 1. The average molecular weight is 501 g/mol. The summed E-state index contributed by atoms with van der Waals surface area (Å²) in [5, 5.41) is 12.3. The fourth-order valence-corrected chi connectivity index (χ4v) is 7.05. The van der Waals surface area contributed by atoms with Crippen molar-refractivity contribution in [3.63, 3.8) is 0 Å². The van der Waals surface area contributed by atoms with E-state index < -0.39 is 0 Å². The number of carbonyl (C=O) groups is 1. The van der Waals surface area contributed by atoms with Gasteiger partial charge >= 0.3 is 0 Å². The van der Waals surface area contributed by atoms with E-state index in [0.29, 0.717) is 18.4 Å². The Morgan fingerprint density at radius 2 is 1.57 bits per heavy atom. The fraction of sp³-hybridized carbons (Fsp3) is 0.485. The number of rotatable bonds is 14. The van der Waals surface area contributed by atoms with Gasteiger partial charge in [0.05, 0.1) is 0 Å². The third-order valence-electron chi connectivity index (χ3n) is 8.84. The molecule has 0 radical (unpaired) electrons. The number of fused-ring (bicyclic) bond motifs is 1. The molecule has 0 aliphatic heterocycles. The van der Waals surface area contributed by atoms with Crippen LogP contribution < -0.4 is 10.8 Å². The first-order chi connectivity index (χ1) is 18.1. The molecule has 1 amide bonds. The van der Waals surface area contributed by atoms with Gasteiger partial charge < -0.3 is 5.32 Å². The smallest absolute Gasteiger partial charge is 0.243 e. The number of amides is 1. The van der Waals surface area contributed by atoms with E-state index in [1.807, 2.05) is 0 Å². The molecule has 0 spiro atoms. The maximum absolute atomic E-state index is 11.1. The molecule has 2 aromatic rings. The minimum Gasteiger partial charge on any atom is -0.317 e. The predicted octanol–water partition coefficient (Wildman–Crippen LogP) is 7.56. The number of unbranched alkanes of at least 4 members (excludes halogenated alkanes) is 6. The van der Waals surface area contributed by atoms with Crippen LogP contribution in [0.2, 0.25) is 0 Å². The molecule has 4 heteroatoms. The maximum Gasteiger partial charge on any atom is 0.243 e. The zero-order chi connectivity index (χ0) is 26.1. The Morgan fingerprint density at radius 3 is 2.22 bits per heavy atom. The van der Waals surface area contributed by atoms with Crippen LogP contribution in [0.3, 0.4) is 0 Å². The van der Waals surface area contributed by atoms with Gasteiger partial charge in [0.25, 0.3) is 0 Å². The molecule has 4 rings (SSSR count). The molecule has 37 heavy (non-hydrogen) atoms. The highest BCUT2D eigenvalue weighted by Gasteiger charge is 2.56. The number of benzene rings is 2. The molecule has 198 valence electrons. The van der Waals surface area contributed by atoms with Crippen LogP contribution in [0.1, 0.15) is 88.2 Å². The minimum atomic E-state index is -0.281. The Morgan fingerprint density at radius 1 is 0.946 bits per heavy atom. The van der Waals surface area contributed by atoms with E-state index in [0.717, 1.165) is 38.5 Å². The van der Waals surface area contributed by atoms with Gasteiger partial charge in [-0.3, -0.25) is 10.0 Å². The third kappa shape index (κ3) is 6.08. The van der Waals surface area contributed by atoms with Crippen molar-refractivity contribution >= 4 is 17.1 Å². The number of hydrogen-bond donors (Lipinski definition) is 3. The molecule has 0 bridgehead atoms. The normalized spacial score (nSPS) is 22.8. The predicted molar refractivity (Wildman–Crippen MR) is 153 cm³/mol. The zero-order valence-corrected chi connectivity index (χ0v) is 22.5. The molecule has 0 heterocycles. The van der Waals surface area contributed by atoms with Gasteiger partial charge in [-0.2, -0.15) is 0 Å². The standard InChI is InChI=1S/C33H44N2O2/c1-25(26-16-11-8-12-17-26)33-23-22-30(34-2)29(33)24-28(32(33)27-18-13-9-14-19-27)20-10-6-4-3-5-7-15-21-31(36)35-37/h8-9,11-14,16-19,29-30,34,37H,1,3-7,10,15,20-24H2,2H3,(H,35,36). The second-order valence-electron chi connectivity index (χ2n) is 10.9. The quantitative estimate of drug-likeness (QED) is 0.142. The first-order valence-corrected chi connectivity index (χ1v) is 14.2. The summed E-state index contributed by atoms with van der Waals surface area (Å²) in [5.74, 6) is 0.267. The highest BCUT2D eigenvalue weighted by atomic mass is 16.5. The third-order valence-corrected chi connectivity index (χ3v) is 8.84. The van der Waals surface area contributed by atoms with Gasteiger partial charge in [-0.25, -0.2) is 5.48 Å². The molecule has 1 saturated carbocycles. The van der Waals surface area contributed by atoms with Crippen molar-refractivity contribution in [2.45, 2.75) is 83.1 Å². The van der Waals surface area contributed by atoms with E-state index in [-0.39, 0.29) is 11.3 Å². The zero-order valence-electron chi connectivity index (χ0n) is 22.5. The Labute approximate surface area is 223 Å². The molecule has 2 aliphatic rings. The van der Waals surface area contributed by atoms with Crippen LogP contribution in [0, 0.1) is 11.3 Å². The summed E-state index contributed by atoms with van der Waals surface area (Å²) in [6.07, 6.45) is 13.1. The van der Waals surface area contributed by atoms with Crippen molar-refractivity contribution in [1.29, 1.82) is 0 Å². The number of carbonyl (C=O) groups excluding carboxylic acids is 1. The maximum atomic E-state index is 11.1. The molecule has 3 atom stereocenters. The Kier molecular flexibility index (Phi) is 9.76. The minimum absolute atomic E-state index is 0.00736. The summed E-state index contributed by atoms with van der Waals surface area (Å²) in [7, 11) is 2.13. The molecule has 4 nitrogen and oxygen atoms in total. The molecule has 3 N–H and O–H groups in total. The van der Waals surface area contributed by atoms with Crippen LogP contribution in [0.15, 0.2) is 72.8 Å². The largest absolute Gasteiger partial charge is 0.317 e. The lowest BCUT2D eigenvalue weighted by Crippen LogP contribution is -2.35. The van der Waals surface area contributed by atoms with Crippen LogP contribution >= 0.6 is 0 Å². The van der Waals surface area contributed by atoms with Gasteiger partial charge in [0, 0.05) is 17.9 Å². The lowest BCUT2D eigenvalue weighted by Gasteiger charge is -2.37. The Balaban J connectivity index is 1.48. The first-order valence-electron chi connectivity index (χ1n) is 14.2. The second kappa shape index (κ2) is 13.2. The lowest BCUT2D eigenvalue weighted by atomic mass is 9.66. The Hall–Kier alpha value is -2.69. The average Bonchev–Trinajstić information content (AvgIpc) is 3.46. The fourth-order valence-electron chi connectivity index (χ4n) is 7.05. The SMILES string of the molecule is C=C(c1ccccc1)C12CCC(NC)C1CC(CCCCCCCCCC(=O)NO)=C2c1ccccc1. The molecule has 0 aromatic heterocycles. The van der Waals surface area contributed by atoms with Gasteiger partial charge in [-0.1, -0.05) is 105 Å². The van der Waals surface area contributed by atoms with E-state index in [1.165, 1.54) is 48.8 Å². The van der Waals surface area contributed by atoms with E-state index in [4.69, 9.17) is 11.8 Å². The van der Waals surface area contributed by atoms with Crippen molar-refractivity contribution in [1.82, 2.24) is 10.8 Å². The molecule has 1 fully saturated rings. The van der Waals surface area contributed by atoms with E-state index in [1.54, 1.807) is 16.6 Å². The van der Waals surface area contributed by atoms with Gasteiger partial charge in [-0.15, -0.1) is 0 Å². The van der Waals surface area contributed by atoms with Crippen LogP contribution in [0.5, 0.6) is 0 Å². The molecule has 2 aliphatic carbocycles. The van der Waals surface area contributed by atoms with Crippen molar-refractivity contribution in [3.05, 3.63) is 83.9 Å². The van der Waals surface area contributed by atoms with Gasteiger partial charge in [0.2, 0.25) is 5.91 Å². The van der Waals surface area contributed by atoms with Crippen molar-refractivity contribution in [3.8, 4) is 0 Å². The molecule has 0 saturated heterocycles. The summed E-state index contributed by atoms with van der Waals surface area (Å²) in [5.41, 5.74) is 8.85. The van der Waals surface area contributed by atoms with Crippen molar-refractivity contribution < 1.29 is 10.0 Å². The first kappa shape index (κ1) is 27.3. The van der Waals surface area contributed by atoms with Crippen LogP contribution in [0.4, 0.5) is 0 Å². The molecular weight excluding hydrogens is 456 g/mol. The second-order valence-corrected chi connectivity index (χ2v) is 10.9. The molecular formula is C33H44N2O2. The van der Waals surface area contributed by atoms with Crippen molar-refractivity contribution in [2.75, 3.05) is 7.05 Å². The van der Waals surface area contributed by atoms with Crippen LogP contribution in [-0.4, -0.2) is 24.2 Å². The van der Waals surface area contributed by atoms with E-state index >= 15 is 0 Å². The van der Waals surface area contributed by atoms with Crippen molar-refractivity contribution in [2.24, 2.45) is 11.3 Å². The Bertz CT molecular complexity index is 1060. The van der Waals surface area contributed by atoms with Gasteiger partial charge in [0.15, 0.2) is 0 Å². The van der Waals surface area contributed by atoms with Crippen LogP contribution in [-0.2, 0) is 4.79 Å². The summed E-state index contributed by atoms with van der Waals surface area (Å²) in [4.78, 5) is 11.1. The summed E-state index contributed by atoms with van der Waals surface area (Å²) < 4.78 is 0. The number of nitrogens with one attached hydrogen (secondary N) is 2. The summed E-state index contributed by atoms with van der Waals surface area (Å²) >= 11 is 0. The molecule has 2 aromatic carbocycles. The topological polar surface area (TPSA) is 61.4 Å². The van der Waals surface area contributed by atoms with Gasteiger partial charge in [-0.05, 0) is 73.8 Å². The summed E-state index contributed by atoms with van der Waals surface area (Å²) in [6, 6.07) is 22.5. The monoisotopic (exact) mass is 500 g/mol. The van der Waals surface area contributed by atoms with Crippen LogP contribution in [0.25, 0.3) is 11.1 Å². The van der Waals surface area contributed by atoms with E-state index in [9.17, 15) is 4.79 Å².